The van der Waals surface area contributed by atoms with E-state index in [1.165, 1.54) is 12.0 Å². The molecule has 0 radical (unpaired) electrons. The van der Waals surface area contributed by atoms with E-state index in [-0.39, 0.29) is 11.9 Å². The summed E-state index contributed by atoms with van der Waals surface area (Å²) in [7, 11) is 0. The molecular formula is C21H34N2O4S. The molecule has 1 aromatic carbocycles. The van der Waals surface area contributed by atoms with Gasteiger partial charge in [-0.1, -0.05) is 50.1 Å². The number of rotatable bonds is 14. The fourth-order valence-electron chi connectivity index (χ4n) is 2.33. The Morgan fingerprint density at radius 2 is 2.07 bits per heavy atom. The molecule has 1 aliphatic rings. The maximum Gasteiger partial charge on any atom is 0.293 e. The van der Waals surface area contributed by atoms with Crippen LogP contribution in [0.1, 0.15) is 38.7 Å². The van der Waals surface area contributed by atoms with Crippen LogP contribution in [0.15, 0.2) is 30.3 Å². The van der Waals surface area contributed by atoms with Crippen molar-refractivity contribution in [1.29, 1.82) is 0 Å². The normalized spacial score (nSPS) is 15.7. The Balaban J connectivity index is 0.000000696. The zero-order valence-electron chi connectivity index (χ0n) is 17.0. The van der Waals surface area contributed by atoms with Crippen molar-refractivity contribution in [2.45, 2.75) is 51.0 Å². The Hall–Kier alpha value is -1.57. The molecule has 0 spiro atoms. The first kappa shape index (κ1) is 24.5. The van der Waals surface area contributed by atoms with Crippen LogP contribution in [0.2, 0.25) is 0 Å². The van der Waals surface area contributed by atoms with E-state index in [4.69, 9.17) is 4.74 Å². The standard InChI is InChI=1S/C18H28N2O2S.C3H6O2/c1-2-3-7-10-19-18(21)17(20-11-16-12-22-16)14-23-13-15-8-5-4-6-9-15;1-2-5-3-4/h4-6,8-9,16-17,20H,2-3,7,10-14H2,1H3,(H,19,21);3H,2H2,1H3. The molecular weight excluding hydrogens is 376 g/mol. The van der Waals surface area contributed by atoms with Gasteiger partial charge in [-0.15, -0.1) is 0 Å². The summed E-state index contributed by atoms with van der Waals surface area (Å²) < 4.78 is 9.38. The lowest BCUT2D eigenvalue weighted by molar-refractivity contribution is -0.128. The summed E-state index contributed by atoms with van der Waals surface area (Å²) in [5.41, 5.74) is 1.30. The smallest absolute Gasteiger partial charge is 0.293 e. The summed E-state index contributed by atoms with van der Waals surface area (Å²) >= 11 is 1.79. The van der Waals surface area contributed by atoms with Crippen molar-refractivity contribution in [1.82, 2.24) is 10.6 Å². The zero-order valence-corrected chi connectivity index (χ0v) is 17.8. The summed E-state index contributed by atoms with van der Waals surface area (Å²) in [4.78, 5) is 21.5. The Bertz CT molecular complexity index is 526. The van der Waals surface area contributed by atoms with Gasteiger partial charge in [-0.05, 0) is 18.9 Å². The number of hydrogen-bond donors (Lipinski definition) is 2. The van der Waals surface area contributed by atoms with Crippen molar-refractivity contribution < 1.29 is 19.1 Å². The predicted molar refractivity (Wildman–Crippen MR) is 114 cm³/mol. The quantitative estimate of drug-likeness (QED) is 0.279. The fourth-order valence-corrected chi connectivity index (χ4v) is 3.38. The lowest BCUT2D eigenvalue weighted by Crippen LogP contribution is -2.47. The van der Waals surface area contributed by atoms with Gasteiger partial charge in [0.2, 0.25) is 5.91 Å². The summed E-state index contributed by atoms with van der Waals surface area (Å²) in [5.74, 6) is 1.82. The Labute approximate surface area is 173 Å². The van der Waals surface area contributed by atoms with E-state index in [1.807, 2.05) is 6.07 Å². The monoisotopic (exact) mass is 410 g/mol. The van der Waals surface area contributed by atoms with Crippen LogP contribution in [0.5, 0.6) is 0 Å². The Morgan fingerprint density at radius 3 is 2.64 bits per heavy atom. The van der Waals surface area contributed by atoms with Crippen LogP contribution in [-0.2, 0) is 24.8 Å². The van der Waals surface area contributed by atoms with Crippen LogP contribution in [0.4, 0.5) is 0 Å². The van der Waals surface area contributed by atoms with Gasteiger partial charge in [0.15, 0.2) is 0 Å². The first-order chi connectivity index (χ1) is 13.7. The highest BCUT2D eigenvalue weighted by molar-refractivity contribution is 7.98. The molecule has 2 atom stereocenters. The summed E-state index contributed by atoms with van der Waals surface area (Å²) in [6.07, 6.45) is 3.68. The van der Waals surface area contributed by atoms with Gasteiger partial charge in [-0.3, -0.25) is 9.59 Å². The summed E-state index contributed by atoms with van der Waals surface area (Å²) in [6.45, 7) is 7.18. The van der Waals surface area contributed by atoms with Gasteiger partial charge < -0.3 is 20.1 Å². The van der Waals surface area contributed by atoms with E-state index in [0.29, 0.717) is 19.2 Å². The van der Waals surface area contributed by atoms with Crippen LogP contribution >= 0.6 is 11.8 Å². The number of carbonyl (C=O) groups is 2. The maximum absolute atomic E-state index is 12.4. The molecule has 1 heterocycles. The molecule has 7 heteroatoms. The topological polar surface area (TPSA) is 80.0 Å². The van der Waals surface area contributed by atoms with Gasteiger partial charge in [-0.25, -0.2) is 0 Å². The maximum atomic E-state index is 12.4. The number of unbranched alkanes of at least 4 members (excludes halogenated alkanes) is 2. The third-order valence-corrected chi connectivity index (χ3v) is 5.13. The molecule has 158 valence electrons. The molecule has 0 bridgehead atoms. The SMILES string of the molecule is CCCCCNC(=O)C(CSCc1ccccc1)NCC1CO1.CCOC=O. The highest BCUT2D eigenvalue weighted by Gasteiger charge is 2.25. The molecule has 2 rings (SSSR count). The second-order valence-corrected chi connectivity index (χ2v) is 7.50. The third-order valence-electron chi connectivity index (χ3n) is 4.02. The highest BCUT2D eigenvalue weighted by atomic mass is 32.2. The molecule has 0 aliphatic carbocycles. The molecule has 1 aliphatic heterocycles. The first-order valence-electron chi connectivity index (χ1n) is 10.0. The average Bonchev–Trinajstić information content (AvgIpc) is 3.54. The van der Waals surface area contributed by atoms with Crippen molar-refractivity contribution in [2.75, 3.05) is 32.1 Å². The van der Waals surface area contributed by atoms with Gasteiger partial charge in [0.05, 0.1) is 25.4 Å². The van der Waals surface area contributed by atoms with Crippen molar-refractivity contribution in [3.63, 3.8) is 0 Å². The van der Waals surface area contributed by atoms with Gasteiger partial charge in [0.25, 0.3) is 6.47 Å². The average molecular weight is 411 g/mol. The van der Waals surface area contributed by atoms with Gasteiger partial charge in [0.1, 0.15) is 0 Å². The van der Waals surface area contributed by atoms with Crippen molar-refractivity contribution in [3.8, 4) is 0 Å². The molecule has 1 amide bonds. The molecule has 0 saturated carbocycles. The molecule has 1 fully saturated rings. The van der Waals surface area contributed by atoms with E-state index in [2.05, 4.69) is 46.6 Å². The number of carbonyl (C=O) groups excluding carboxylic acids is 2. The first-order valence-corrected chi connectivity index (χ1v) is 11.2. The number of amides is 1. The van der Waals surface area contributed by atoms with Crippen molar-refractivity contribution in [3.05, 3.63) is 35.9 Å². The molecule has 6 nitrogen and oxygen atoms in total. The lowest BCUT2D eigenvalue weighted by Gasteiger charge is -2.18. The number of epoxide rings is 1. The van der Waals surface area contributed by atoms with Gasteiger partial charge in [0, 0.05) is 24.6 Å². The molecule has 1 saturated heterocycles. The minimum Gasteiger partial charge on any atom is -0.468 e. The van der Waals surface area contributed by atoms with Crippen LogP contribution in [0.25, 0.3) is 0 Å². The van der Waals surface area contributed by atoms with Crippen LogP contribution in [0, 0.1) is 0 Å². The predicted octanol–water partition coefficient (Wildman–Crippen LogP) is 2.76. The molecule has 2 N–H and O–H groups in total. The summed E-state index contributed by atoms with van der Waals surface area (Å²) in [6, 6.07) is 10.2. The number of ether oxygens (including phenoxy) is 2. The van der Waals surface area contributed by atoms with Crippen LogP contribution in [-0.4, -0.2) is 56.6 Å². The molecule has 0 aromatic heterocycles. The Morgan fingerprint density at radius 1 is 1.32 bits per heavy atom. The molecule has 1 aromatic rings. The third kappa shape index (κ3) is 12.8. The van der Waals surface area contributed by atoms with E-state index in [1.54, 1.807) is 18.7 Å². The second kappa shape index (κ2) is 16.4. The highest BCUT2D eigenvalue weighted by Crippen LogP contribution is 2.14. The zero-order chi connectivity index (χ0) is 20.5. The number of nitrogens with one attached hydrogen (secondary N) is 2. The Kier molecular flexibility index (Phi) is 14.3. The van der Waals surface area contributed by atoms with E-state index in [0.717, 1.165) is 44.0 Å². The largest absolute Gasteiger partial charge is 0.468 e. The van der Waals surface area contributed by atoms with E-state index < -0.39 is 0 Å². The van der Waals surface area contributed by atoms with Gasteiger partial charge >= 0.3 is 0 Å². The molecule has 2 unspecified atom stereocenters. The second-order valence-electron chi connectivity index (χ2n) is 6.47. The van der Waals surface area contributed by atoms with Crippen LogP contribution < -0.4 is 10.6 Å². The van der Waals surface area contributed by atoms with E-state index in [9.17, 15) is 9.59 Å². The number of benzene rings is 1. The summed E-state index contributed by atoms with van der Waals surface area (Å²) in [5, 5.41) is 6.41. The van der Waals surface area contributed by atoms with Crippen LogP contribution in [0.3, 0.4) is 0 Å². The van der Waals surface area contributed by atoms with Crippen molar-refractivity contribution >= 4 is 24.1 Å². The number of thioether (sulfide) groups is 1. The lowest BCUT2D eigenvalue weighted by atomic mass is 10.2. The minimum absolute atomic E-state index is 0.113. The number of hydrogen-bond acceptors (Lipinski definition) is 6. The van der Waals surface area contributed by atoms with Crippen molar-refractivity contribution in [2.24, 2.45) is 0 Å². The van der Waals surface area contributed by atoms with Gasteiger partial charge in [-0.2, -0.15) is 11.8 Å². The van der Waals surface area contributed by atoms with E-state index >= 15 is 0 Å². The minimum atomic E-state index is -0.144. The molecule has 28 heavy (non-hydrogen) atoms. The fraction of sp³-hybridized carbons (Fsp3) is 0.619.